The van der Waals surface area contributed by atoms with Gasteiger partial charge in [0.25, 0.3) is 0 Å². The molecule has 0 heterocycles. The average molecular weight is 253 g/mol. The number of aryl methyl sites for hydroxylation is 1. The molecule has 2 nitrogen and oxygen atoms in total. The molecular weight excluding hydrogens is 234 g/mol. The second-order valence-electron chi connectivity index (χ2n) is 5.17. The molecule has 3 rings (SSSR count). The van der Waals surface area contributed by atoms with E-state index >= 15 is 0 Å². The lowest BCUT2D eigenvalue weighted by molar-refractivity contribution is 0.477. The van der Waals surface area contributed by atoms with E-state index in [4.69, 9.17) is 4.74 Å². The van der Waals surface area contributed by atoms with Crippen LogP contribution in [0.1, 0.15) is 24.0 Å². The Morgan fingerprint density at radius 2 is 1.89 bits per heavy atom. The normalized spacial score (nSPS) is 14.4. The SMILES string of the molecule is Cc1ccc(CNC2CC2)cc1Oc1ccccc1. The number of para-hydroxylation sites is 1. The Hall–Kier alpha value is -1.80. The van der Waals surface area contributed by atoms with E-state index in [1.54, 1.807) is 0 Å². The minimum absolute atomic E-state index is 0.736. The van der Waals surface area contributed by atoms with Crippen molar-refractivity contribution in [1.29, 1.82) is 0 Å². The zero-order valence-electron chi connectivity index (χ0n) is 11.2. The summed E-state index contributed by atoms with van der Waals surface area (Å²) in [5.41, 5.74) is 2.45. The quantitative estimate of drug-likeness (QED) is 0.868. The molecule has 2 aromatic carbocycles. The molecular formula is C17H19NO. The second kappa shape index (κ2) is 5.45. The molecule has 1 saturated carbocycles. The first kappa shape index (κ1) is 12.2. The highest BCUT2D eigenvalue weighted by atomic mass is 16.5. The van der Waals surface area contributed by atoms with E-state index < -0.39 is 0 Å². The molecule has 0 atom stereocenters. The van der Waals surface area contributed by atoms with E-state index in [1.165, 1.54) is 24.0 Å². The van der Waals surface area contributed by atoms with Crippen molar-refractivity contribution in [3.05, 3.63) is 59.7 Å². The smallest absolute Gasteiger partial charge is 0.130 e. The van der Waals surface area contributed by atoms with Gasteiger partial charge in [0.2, 0.25) is 0 Å². The van der Waals surface area contributed by atoms with Gasteiger partial charge in [-0.1, -0.05) is 30.3 Å². The van der Waals surface area contributed by atoms with E-state index in [0.29, 0.717) is 0 Å². The van der Waals surface area contributed by atoms with E-state index in [2.05, 4.69) is 30.4 Å². The largest absolute Gasteiger partial charge is 0.457 e. The first-order valence-corrected chi connectivity index (χ1v) is 6.87. The summed E-state index contributed by atoms with van der Waals surface area (Å²) in [4.78, 5) is 0. The Balaban J connectivity index is 1.73. The second-order valence-corrected chi connectivity index (χ2v) is 5.17. The highest BCUT2D eigenvalue weighted by molar-refractivity contribution is 5.40. The van der Waals surface area contributed by atoms with Crippen molar-refractivity contribution in [2.75, 3.05) is 0 Å². The molecule has 1 aliphatic carbocycles. The standard InChI is InChI=1S/C17H19NO/c1-13-7-8-14(12-18-15-9-10-15)11-17(13)19-16-5-3-2-4-6-16/h2-8,11,15,18H,9-10,12H2,1H3. The molecule has 2 aromatic rings. The van der Waals surface area contributed by atoms with Gasteiger partial charge in [0, 0.05) is 12.6 Å². The number of hydrogen-bond donors (Lipinski definition) is 1. The fourth-order valence-electron chi connectivity index (χ4n) is 2.03. The molecule has 1 aliphatic rings. The fraction of sp³-hybridized carbons (Fsp3) is 0.294. The van der Waals surface area contributed by atoms with E-state index in [1.807, 2.05) is 30.3 Å². The predicted molar refractivity (Wildman–Crippen MR) is 77.6 cm³/mol. The Bertz CT molecular complexity index is 546. The summed E-state index contributed by atoms with van der Waals surface area (Å²) >= 11 is 0. The van der Waals surface area contributed by atoms with Gasteiger partial charge in [-0.3, -0.25) is 0 Å². The molecule has 1 fully saturated rings. The van der Waals surface area contributed by atoms with Gasteiger partial charge in [0.1, 0.15) is 11.5 Å². The summed E-state index contributed by atoms with van der Waals surface area (Å²) in [5.74, 6) is 1.83. The van der Waals surface area contributed by atoms with Crippen molar-refractivity contribution < 1.29 is 4.74 Å². The van der Waals surface area contributed by atoms with Crippen LogP contribution in [0.15, 0.2) is 48.5 Å². The molecule has 98 valence electrons. The molecule has 0 aliphatic heterocycles. The predicted octanol–water partition coefficient (Wildman–Crippen LogP) is 4.04. The number of nitrogens with one attached hydrogen (secondary N) is 1. The van der Waals surface area contributed by atoms with Gasteiger partial charge in [-0.05, 0) is 49.1 Å². The van der Waals surface area contributed by atoms with Crippen molar-refractivity contribution in [2.45, 2.75) is 32.4 Å². The molecule has 0 bridgehead atoms. The van der Waals surface area contributed by atoms with Crippen molar-refractivity contribution in [1.82, 2.24) is 5.32 Å². The molecule has 0 radical (unpaired) electrons. The maximum atomic E-state index is 5.94. The Morgan fingerprint density at radius 1 is 1.11 bits per heavy atom. The Kier molecular flexibility index (Phi) is 3.51. The van der Waals surface area contributed by atoms with Crippen LogP contribution in [0.2, 0.25) is 0 Å². The van der Waals surface area contributed by atoms with Gasteiger partial charge >= 0.3 is 0 Å². The summed E-state index contributed by atoms with van der Waals surface area (Å²) in [5, 5.41) is 3.53. The molecule has 0 saturated heterocycles. The molecule has 0 amide bonds. The maximum Gasteiger partial charge on any atom is 0.130 e. The summed E-state index contributed by atoms with van der Waals surface area (Å²) in [6.07, 6.45) is 2.64. The molecule has 0 spiro atoms. The monoisotopic (exact) mass is 253 g/mol. The van der Waals surface area contributed by atoms with Gasteiger partial charge in [-0.25, -0.2) is 0 Å². The molecule has 2 heteroatoms. The maximum absolute atomic E-state index is 5.94. The molecule has 0 aromatic heterocycles. The van der Waals surface area contributed by atoms with Crippen LogP contribution in [0.5, 0.6) is 11.5 Å². The summed E-state index contributed by atoms with van der Waals surface area (Å²) in [6, 6.07) is 17.1. The van der Waals surface area contributed by atoms with Crippen molar-refractivity contribution in [2.24, 2.45) is 0 Å². The zero-order chi connectivity index (χ0) is 13.1. The van der Waals surface area contributed by atoms with Gasteiger partial charge in [-0.15, -0.1) is 0 Å². The summed E-state index contributed by atoms with van der Waals surface area (Å²) in [6.45, 7) is 3.01. The Labute approximate surface area is 114 Å². The minimum Gasteiger partial charge on any atom is -0.457 e. The van der Waals surface area contributed by atoms with Gasteiger partial charge in [0.15, 0.2) is 0 Å². The minimum atomic E-state index is 0.736. The number of benzene rings is 2. The van der Waals surface area contributed by atoms with Crippen LogP contribution >= 0.6 is 0 Å². The lowest BCUT2D eigenvalue weighted by Crippen LogP contribution is -2.15. The molecule has 0 unspecified atom stereocenters. The van der Waals surface area contributed by atoms with Crippen LogP contribution < -0.4 is 10.1 Å². The lowest BCUT2D eigenvalue weighted by atomic mass is 10.1. The first-order valence-electron chi connectivity index (χ1n) is 6.87. The fourth-order valence-corrected chi connectivity index (χ4v) is 2.03. The third kappa shape index (κ3) is 3.36. The summed E-state index contributed by atoms with van der Waals surface area (Å²) in [7, 11) is 0. The van der Waals surface area contributed by atoms with Gasteiger partial charge in [0.05, 0.1) is 0 Å². The van der Waals surface area contributed by atoms with Crippen molar-refractivity contribution in [3.8, 4) is 11.5 Å². The van der Waals surface area contributed by atoms with Crippen LogP contribution in [-0.4, -0.2) is 6.04 Å². The van der Waals surface area contributed by atoms with E-state index in [-0.39, 0.29) is 0 Å². The third-order valence-corrected chi connectivity index (χ3v) is 3.40. The van der Waals surface area contributed by atoms with Crippen molar-refractivity contribution in [3.63, 3.8) is 0 Å². The highest BCUT2D eigenvalue weighted by Gasteiger charge is 2.20. The zero-order valence-corrected chi connectivity index (χ0v) is 11.2. The van der Waals surface area contributed by atoms with Crippen LogP contribution in [0.3, 0.4) is 0 Å². The number of rotatable bonds is 5. The van der Waals surface area contributed by atoms with Crippen LogP contribution in [0.25, 0.3) is 0 Å². The summed E-state index contributed by atoms with van der Waals surface area (Å²) < 4.78 is 5.94. The van der Waals surface area contributed by atoms with E-state index in [9.17, 15) is 0 Å². The lowest BCUT2D eigenvalue weighted by Gasteiger charge is -2.11. The van der Waals surface area contributed by atoms with Gasteiger partial charge in [-0.2, -0.15) is 0 Å². The number of hydrogen-bond acceptors (Lipinski definition) is 2. The third-order valence-electron chi connectivity index (χ3n) is 3.40. The van der Waals surface area contributed by atoms with Gasteiger partial charge < -0.3 is 10.1 Å². The van der Waals surface area contributed by atoms with Crippen LogP contribution in [0, 0.1) is 6.92 Å². The first-order chi connectivity index (χ1) is 9.31. The topological polar surface area (TPSA) is 21.3 Å². The van der Waals surface area contributed by atoms with Crippen LogP contribution in [0.4, 0.5) is 0 Å². The van der Waals surface area contributed by atoms with E-state index in [0.717, 1.165) is 24.1 Å². The van der Waals surface area contributed by atoms with Crippen LogP contribution in [-0.2, 0) is 6.54 Å². The highest BCUT2D eigenvalue weighted by Crippen LogP contribution is 2.26. The molecule has 1 N–H and O–H groups in total. The van der Waals surface area contributed by atoms with Crippen molar-refractivity contribution >= 4 is 0 Å². The Morgan fingerprint density at radius 3 is 2.63 bits per heavy atom. The number of ether oxygens (including phenoxy) is 1. The average Bonchev–Trinajstić information content (AvgIpc) is 3.25. The molecule has 19 heavy (non-hydrogen) atoms.